The summed E-state index contributed by atoms with van der Waals surface area (Å²) in [4.78, 5) is 38.6. The molecule has 1 heterocycles. The second kappa shape index (κ2) is 9.08. The lowest BCUT2D eigenvalue weighted by Gasteiger charge is -2.27. The van der Waals surface area contributed by atoms with Gasteiger partial charge in [0.25, 0.3) is 11.8 Å². The quantitative estimate of drug-likeness (QED) is 0.518. The van der Waals surface area contributed by atoms with E-state index in [-0.39, 0.29) is 24.3 Å². The van der Waals surface area contributed by atoms with Crippen molar-refractivity contribution in [1.29, 1.82) is 0 Å². The Bertz CT molecular complexity index is 1240. The standard InChI is InChI=1S/C26H23ClN2O4/c1-15(2)23(26(32)33)29-14-18-8-7-17(13-21(18)25(29)31)16-9-11-19(12-10-16)28-24(30)20-5-3-4-6-22(20)27/h3-13,15,23H,14H2,1-2H3,(H,28,30)(H,32,33)/t23-/m0/s1. The maximum Gasteiger partial charge on any atom is 0.326 e. The van der Waals surface area contributed by atoms with E-state index in [1.54, 1.807) is 56.3 Å². The van der Waals surface area contributed by atoms with Crippen LogP contribution in [0.2, 0.25) is 5.02 Å². The van der Waals surface area contributed by atoms with Gasteiger partial charge in [-0.1, -0.05) is 61.8 Å². The van der Waals surface area contributed by atoms with Crippen molar-refractivity contribution in [2.75, 3.05) is 5.32 Å². The van der Waals surface area contributed by atoms with E-state index in [2.05, 4.69) is 5.32 Å². The van der Waals surface area contributed by atoms with E-state index in [0.717, 1.165) is 16.7 Å². The van der Waals surface area contributed by atoms with E-state index >= 15 is 0 Å². The fourth-order valence-corrected chi connectivity index (χ4v) is 4.32. The van der Waals surface area contributed by atoms with Gasteiger partial charge in [-0.05, 0) is 52.9 Å². The molecule has 168 valence electrons. The van der Waals surface area contributed by atoms with Gasteiger partial charge < -0.3 is 15.3 Å². The zero-order valence-corrected chi connectivity index (χ0v) is 19.0. The van der Waals surface area contributed by atoms with Gasteiger partial charge in [-0.3, -0.25) is 9.59 Å². The summed E-state index contributed by atoms with van der Waals surface area (Å²) in [6.07, 6.45) is 0. The molecule has 0 aliphatic carbocycles. The summed E-state index contributed by atoms with van der Waals surface area (Å²) < 4.78 is 0. The molecule has 0 spiro atoms. The molecule has 1 aliphatic heterocycles. The highest BCUT2D eigenvalue weighted by Gasteiger charge is 2.38. The van der Waals surface area contributed by atoms with E-state index < -0.39 is 12.0 Å². The molecule has 1 aliphatic rings. The Morgan fingerprint density at radius 3 is 2.30 bits per heavy atom. The molecule has 1 atom stereocenters. The number of fused-ring (bicyclic) bond motifs is 1. The largest absolute Gasteiger partial charge is 0.480 e. The van der Waals surface area contributed by atoms with Gasteiger partial charge in [0.1, 0.15) is 6.04 Å². The lowest BCUT2D eigenvalue weighted by molar-refractivity contribution is -0.144. The van der Waals surface area contributed by atoms with E-state index in [9.17, 15) is 19.5 Å². The molecule has 0 saturated carbocycles. The molecular formula is C26H23ClN2O4. The highest BCUT2D eigenvalue weighted by Crippen LogP contribution is 2.31. The van der Waals surface area contributed by atoms with Gasteiger partial charge in [0.15, 0.2) is 0 Å². The van der Waals surface area contributed by atoms with Crippen molar-refractivity contribution in [1.82, 2.24) is 4.90 Å². The number of nitrogens with zero attached hydrogens (tertiary/aromatic N) is 1. The van der Waals surface area contributed by atoms with Gasteiger partial charge in [0.05, 0.1) is 10.6 Å². The number of benzene rings is 3. The average molecular weight is 463 g/mol. The third-order valence-electron chi connectivity index (χ3n) is 5.76. The normalized spacial score (nSPS) is 13.7. The first-order valence-electron chi connectivity index (χ1n) is 10.6. The van der Waals surface area contributed by atoms with Gasteiger partial charge in [-0.2, -0.15) is 0 Å². The monoisotopic (exact) mass is 462 g/mol. The number of amides is 2. The number of rotatable bonds is 6. The lowest BCUT2D eigenvalue weighted by Crippen LogP contribution is -2.44. The molecule has 0 radical (unpaired) electrons. The molecule has 2 N–H and O–H groups in total. The molecule has 0 unspecified atom stereocenters. The lowest BCUT2D eigenvalue weighted by atomic mass is 10.00. The van der Waals surface area contributed by atoms with Crippen molar-refractivity contribution < 1.29 is 19.5 Å². The average Bonchev–Trinajstić information content (AvgIpc) is 3.09. The van der Waals surface area contributed by atoms with E-state index in [4.69, 9.17) is 11.6 Å². The molecule has 3 aromatic rings. The third-order valence-corrected chi connectivity index (χ3v) is 6.09. The number of hydrogen-bond donors (Lipinski definition) is 2. The first-order valence-corrected chi connectivity index (χ1v) is 11.0. The van der Waals surface area contributed by atoms with Crippen LogP contribution in [0.25, 0.3) is 11.1 Å². The molecule has 6 nitrogen and oxygen atoms in total. The van der Waals surface area contributed by atoms with Crippen LogP contribution in [0, 0.1) is 5.92 Å². The van der Waals surface area contributed by atoms with Gasteiger partial charge in [-0.15, -0.1) is 0 Å². The molecule has 0 bridgehead atoms. The number of halogens is 1. The summed E-state index contributed by atoms with van der Waals surface area (Å²) in [6.45, 7) is 3.88. The highest BCUT2D eigenvalue weighted by molar-refractivity contribution is 6.34. The minimum Gasteiger partial charge on any atom is -0.480 e. The third kappa shape index (κ3) is 4.47. The Balaban J connectivity index is 1.53. The van der Waals surface area contributed by atoms with Crippen molar-refractivity contribution in [2.24, 2.45) is 5.92 Å². The predicted molar refractivity (Wildman–Crippen MR) is 127 cm³/mol. The van der Waals surface area contributed by atoms with Crippen LogP contribution in [0.15, 0.2) is 66.7 Å². The minimum absolute atomic E-state index is 0.200. The summed E-state index contributed by atoms with van der Waals surface area (Å²) in [6, 6.07) is 18.8. The van der Waals surface area contributed by atoms with Crippen LogP contribution in [0.3, 0.4) is 0 Å². The van der Waals surface area contributed by atoms with E-state index in [1.165, 1.54) is 4.90 Å². The van der Waals surface area contributed by atoms with Crippen LogP contribution in [0.5, 0.6) is 0 Å². The fourth-order valence-electron chi connectivity index (χ4n) is 4.10. The number of carboxylic acid groups (broad SMARTS) is 1. The Hall–Kier alpha value is -3.64. The number of aliphatic carboxylic acids is 1. The molecule has 4 rings (SSSR count). The molecule has 2 amide bonds. The highest BCUT2D eigenvalue weighted by atomic mass is 35.5. The Morgan fingerprint density at radius 1 is 1.00 bits per heavy atom. The fraction of sp³-hybridized carbons (Fsp3) is 0.192. The smallest absolute Gasteiger partial charge is 0.326 e. The number of anilines is 1. The second-order valence-corrected chi connectivity index (χ2v) is 8.75. The number of carbonyl (C=O) groups is 3. The predicted octanol–water partition coefficient (Wildman–Crippen LogP) is 5.32. The van der Waals surface area contributed by atoms with E-state index in [0.29, 0.717) is 21.8 Å². The zero-order chi connectivity index (χ0) is 23.7. The van der Waals surface area contributed by atoms with Gasteiger partial charge >= 0.3 is 5.97 Å². The Kier molecular flexibility index (Phi) is 6.20. The summed E-state index contributed by atoms with van der Waals surface area (Å²) in [5.41, 5.74) is 4.07. The molecule has 0 aromatic heterocycles. The van der Waals surface area contributed by atoms with Crippen LogP contribution in [0.1, 0.15) is 40.1 Å². The number of nitrogens with one attached hydrogen (secondary N) is 1. The summed E-state index contributed by atoms with van der Waals surface area (Å²) in [5, 5.41) is 12.8. The molecule has 33 heavy (non-hydrogen) atoms. The molecule has 0 fully saturated rings. The molecular weight excluding hydrogens is 440 g/mol. The summed E-state index contributed by atoms with van der Waals surface area (Å²) in [7, 11) is 0. The van der Waals surface area contributed by atoms with Crippen LogP contribution in [-0.4, -0.2) is 33.8 Å². The van der Waals surface area contributed by atoms with Crippen LogP contribution >= 0.6 is 11.6 Å². The topological polar surface area (TPSA) is 86.7 Å². The second-order valence-electron chi connectivity index (χ2n) is 8.34. The summed E-state index contributed by atoms with van der Waals surface area (Å²) >= 11 is 6.09. The van der Waals surface area contributed by atoms with Gasteiger partial charge in [0.2, 0.25) is 0 Å². The molecule has 3 aromatic carbocycles. The maximum atomic E-state index is 13.0. The Labute approximate surface area is 196 Å². The van der Waals surface area contributed by atoms with Crippen LogP contribution < -0.4 is 5.32 Å². The first kappa shape index (κ1) is 22.6. The first-order chi connectivity index (χ1) is 15.8. The maximum absolute atomic E-state index is 13.0. The van der Waals surface area contributed by atoms with Crippen LogP contribution in [-0.2, 0) is 11.3 Å². The van der Waals surface area contributed by atoms with Gasteiger partial charge in [-0.25, -0.2) is 4.79 Å². The van der Waals surface area contributed by atoms with Crippen molar-refractivity contribution in [3.8, 4) is 11.1 Å². The summed E-state index contributed by atoms with van der Waals surface area (Å²) in [5.74, 6) is -1.76. The number of carbonyl (C=O) groups excluding carboxylic acids is 2. The van der Waals surface area contributed by atoms with Crippen molar-refractivity contribution in [3.63, 3.8) is 0 Å². The zero-order valence-electron chi connectivity index (χ0n) is 18.2. The van der Waals surface area contributed by atoms with Crippen molar-refractivity contribution in [3.05, 3.63) is 88.4 Å². The van der Waals surface area contributed by atoms with Crippen molar-refractivity contribution >= 4 is 35.1 Å². The Morgan fingerprint density at radius 2 is 1.67 bits per heavy atom. The number of hydrogen-bond acceptors (Lipinski definition) is 3. The SMILES string of the molecule is CC(C)[C@@H](C(=O)O)N1Cc2ccc(-c3ccc(NC(=O)c4ccccc4Cl)cc3)cc2C1=O. The van der Waals surface area contributed by atoms with Gasteiger partial charge in [0, 0.05) is 17.8 Å². The van der Waals surface area contributed by atoms with Crippen LogP contribution in [0.4, 0.5) is 5.69 Å². The van der Waals surface area contributed by atoms with E-state index in [1.807, 2.05) is 24.3 Å². The molecule has 7 heteroatoms. The number of carboxylic acids is 1. The minimum atomic E-state index is -0.999. The molecule has 0 saturated heterocycles. The van der Waals surface area contributed by atoms with Crippen molar-refractivity contribution in [2.45, 2.75) is 26.4 Å².